The first kappa shape index (κ1) is 22.8. The summed E-state index contributed by atoms with van der Waals surface area (Å²) in [5.74, 6) is 1.01. The van der Waals surface area contributed by atoms with E-state index < -0.39 is 0 Å². The Kier molecular flexibility index (Phi) is 6.85. The molecule has 0 aromatic carbocycles. The first-order valence-corrected chi connectivity index (χ1v) is 12.2. The molecule has 0 bridgehead atoms. The molecular weight excluding hydrogens is 396 g/mol. The fourth-order valence-corrected chi connectivity index (χ4v) is 4.97. The van der Waals surface area contributed by atoms with Crippen LogP contribution < -0.4 is 4.74 Å². The van der Waals surface area contributed by atoms with E-state index in [0.717, 1.165) is 41.0 Å². The average Bonchev–Trinajstić information content (AvgIpc) is 3.12. The molecule has 4 rings (SSSR count). The number of aryl methyl sites for hydroxylation is 2. The number of nitrogens with zero attached hydrogens (tertiary/aromatic N) is 4. The van der Waals surface area contributed by atoms with E-state index in [1.54, 1.807) is 7.11 Å². The van der Waals surface area contributed by atoms with Gasteiger partial charge in [0.25, 0.3) is 0 Å². The van der Waals surface area contributed by atoms with Gasteiger partial charge in [0.15, 0.2) is 0 Å². The van der Waals surface area contributed by atoms with Crippen molar-refractivity contribution < 1.29 is 4.74 Å². The molecule has 4 heterocycles. The largest absolute Gasteiger partial charge is 0.480 e. The Labute approximate surface area is 192 Å². The fourth-order valence-electron chi connectivity index (χ4n) is 4.97. The first-order chi connectivity index (χ1) is 15.4. The Bertz CT molecular complexity index is 1080. The van der Waals surface area contributed by atoms with Crippen molar-refractivity contribution in [1.29, 1.82) is 0 Å². The smallest absolute Gasteiger partial charge is 0.222 e. The van der Waals surface area contributed by atoms with Crippen LogP contribution in [0, 0.1) is 13.8 Å². The van der Waals surface area contributed by atoms with Gasteiger partial charge in [-0.2, -0.15) is 0 Å². The molecule has 0 unspecified atom stereocenters. The average molecular weight is 435 g/mol. The highest BCUT2D eigenvalue weighted by molar-refractivity contribution is 5.85. The zero-order valence-corrected chi connectivity index (χ0v) is 20.6. The van der Waals surface area contributed by atoms with Crippen LogP contribution in [-0.4, -0.2) is 46.2 Å². The van der Waals surface area contributed by atoms with Crippen molar-refractivity contribution in [3.63, 3.8) is 0 Å². The van der Waals surface area contributed by atoms with Crippen molar-refractivity contribution in [1.82, 2.24) is 19.4 Å². The molecule has 1 aliphatic rings. The van der Waals surface area contributed by atoms with Crippen LogP contribution in [0.4, 0.5) is 0 Å². The molecule has 0 N–H and O–H groups in total. The van der Waals surface area contributed by atoms with Gasteiger partial charge in [0, 0.05) is 24.5 Å². The predicted molar refractivity (Wildman–Crippen MR) is 133 cm³/mol. The minimum Gasteiger partial charge on any atom is -0.480 e. The Morgan fingerprint density at radius 3 is 2.44 bits per heavy atom. The van der Waals surface area contributed by atoms with E-state index in [0.29, 0.717) is 17.8 Å². The van der Waals surface area contributed by atoms with Crippen LogP contribution in [0.3, 0.4) is 0 Å². The molecule has 1 atom stereocenters. The van der Waals surface area contributed by atoms with Crippen LogP contribution in [0.25, 0.3) is 22.3 Å². The summed E-state index contributed by atoms with van der Waals surface area (Å²) in [6.45, 7) is 14.5. The van der Waals surface area contributed by atoms with E-state index in [-0.39, 0.29) is 0 Å². The monoisotopic (exact) mass is 434 g/mol. The topological polar surface area (TPSA) is 43.2 Å². The van der Waals surface area contributed by atoms with Crippen molar-refractivity contribution >= 4 is 11.0 Å². The summed E-state index contributed by atoms with van der Waals surface area (Å²) in [6, 6.07) is 6.98. The molecular formula is C27H38N4O. The number of pyridine rings is 2. The zero-order valence-electron chi connectivity index (χ0n) is 20.6. The van der Waals surface area contributed by atoms with Crippen molar-refractivity contribution in [2.24, 2.45) is 0 Å². The van der Waals surface area contributed by atoms with Gasteiger partial charge in [-0.25, -0.2) is 9.97 Å². The summed E-state index contributed by atoms with van der Waals surface area (Å²) in [7, 11) is 1.69. The molecule has 5 heteroatoms. The SMILES string of the molecule is CC[C@H](CN1CCCCC1)n1cc(C)c2nc(-c3ccc(C(C)C)nc3OC)c(C)cc21. The summed E-state index contributed by atoms with van der Waals surface area (Å²) in [6.07, 6.45) is 7.46. The lowest BCUT2D eigenvalue weighted by Crippen LogP contribution is -2.34. The lowest BCUT2D eigenvalue weighted by atomic mass is 10.0. The Hall–Kier alpha value is -2.40. The van der Waals surface area contributed by atoms with E-state index >= 15 is 0 Å². The highest BCUT2D eigenvalue weighted by Gasteiger charge is 2.21. The number of likely N-dealkylation sites (tertiary alicyclic amines) is 1. The van der Waals surface area contributed by atoms with E-state index in [1.807, 2.05) is 0 Å². The molecule has 172 valence electrons. The summed E-state index contributed by atoms with van der Waals surface area (Å²) in [5.41, 5.74) is 7.66. The number of piperidine rings is 1. The standard InChI is InChI=1S/C27H38N4O/c1-7-21(17-30-13-9-8-10-14-30)31-16-20(5)26-24(31)15-19(4)25(29-26)22-11-12-23(18(2)3)28-27(22)32-6/h11-12,15-16,18,21H,7-10,13-14,17H2,1-6H3/t21-/m1/s1. The third-order valence-electron chi connectivity index (χ3n) is 6.88. The van der Waals surface area contributed by atoms with Gasteiger partial charge in [-0.3, -0.25) is 0 Å². The molecule has 0 saturated carbocycles. The highest BCUT2D eigenvalue weighted by atomic mass is 16.5. The van der Waals surface area contributed by atoms with Crippen molar-refractivity contribution in [2.45, 2.75) is 72.3 Å². The molecule has 5 nitrogen and oxygen atoms in total. The molecule has 32 heavy (non-hydrogen) atoms. The number of hydrogen-bond donors (Lipinski definition) is 0. The molecule has 1 saturated heterocycles. The van der Waals surface area contributed by atoms with E-state index in [1.165, 1.54) is 43.4 Å². The lowest BCUT2D eigenvalue weighted by molar-refractivity contribution is 0.196. The molecule has 1 fully saturated rings. The third kappa shape index (κ3) is 4.40. The number of hydrogen-bond acceptors (Lipinski definition) is 4. The number of aromatic nitrogens is 3. The van der Waals surface area contributed by atoms with Gasteiger partial charge in [-0.15, -0.1) is 0 Å². The summed E-state index contributed by atoms with van der Waals surface area (Å²) in [5, 5.41) is 0. The quantitative estimate of drug-likeness (QED) is 0.439. The van der Waals surface area contributed by atoms with Gasteiger partial charge in [0.05, 0.1) is 29.4 Å². The van der Waals surface area contributed by atoms with Gasteiger partial charge in [-0.1, -0.05) is 27.2 Å². The van der Waals surface area contributed by atoms with Crippen LogP contribution >= 0.6 is 0 Å². The number of fused-ring (bicyclic) bond motifs is 1. The maximum atomic E-state index is 5.67. The van der Waals surface area contributed by atoms with Gasteiger partial charge in [-0.05, 0) is 81.4 Å². The number of ether oxygens (including phenoxy) is 1. The minimum atomic E-state index is 0.358. The maximum absolute atomic E-state index is 5.67. The zero-order chi connectivity index (χ0) is 22.8. The lowest BCUT2D eigenvalue weighted by Gasteiger charge is -2.31. The second-order valence-electron chi connectivity index (χ2n) is 9.61. The molecule has 1 aliphatic heterocycles. The molecule has 3 aromatic heterocycles. The van der Waals surface area contributed by atoms with Gasteiger partial charge < -0.3 is 14.2 Å². The van der Waals surface area contributed by atoms with E-state index in [4.69, 9.17) is 14.7 Å². The van der Waals surface area contributed by atoms with Crippen LogP contribution in [0.15, 0.2) is 24.4 Å². The Morgan fingerprint density at radius 2 is 1.78 bits per heavy atom. The number of rotatable bonds is 7. The van der Waals surface area contributed by atoms with Crippen LogP contribution in [0.1, 0.15) is 75.2 Å². The second-order valence-corrected chi connectivity index (χ2v) is 9.61. The van der Waals surface area contributed by atoms with Crippen molar-refractivity contribution in [3.8, 4) is 17.1 Å². The summed E-state index contributed by atoms with van der Waals surface area (Å²) >= 11 is 0. The Morgan fingerprint density at radius 1 is 1.03 bits per heavy atom. The summed E-state index contributed by atoms with van der Waals surface area (Å²) < 4.78 is 8.14. The predicted octanol–water partition coefficient (Wildman–Crippen LogP) is 6.28. The fraction of sp³-hybridized carbons (Fsp3) is 0.556. The third-order valence-corrected chi connectivity index (χ3v) is 6.88. The molecule has 0 amide bonds. The van der Waals surface area contributed by atoms with Gasteiger partial charge in [0.2, 0.25) is 5.88 Å². The molecule has 0 radical (unpaired) electrons. The van der Waals surface area contributed by atoms with E-state index in [2.05, 4.69) is 68.5 Å². The van der Waals surface area contributed by atoms with E-state index in [9.17, 15) is 0 Å². The van der Waals surface area contributed by atoms with Crippen LogP contribution in [0.2, 0.25) is 0 Å². The second kappa shape index (κ2) is 9.62. The van der Waals surface area contributed by atoms with Crippen LogP contribution in [-0.2, 0) is 0 Å². The Balaban J connectivity index is 1.74. The highest BCUT2D eigenvalue weighted by Crippen LogP contribution is 2.35. The molecule has 0 spiro atoms. The maximum Gasteiger partial charge on any atom is 0.222 e. The van der Waals surface area contributed by atoms with Gasteiger partial charge >= 0.3 is 0 Å². The number of methoxy groups -OCH3 is 1. The van der Waals surface area contributed by atoms with Crippen molar-refractivity contribution in [3.05, 3.63) is 41.2 Å². The summed E-state index contributed by atoms with van der Waals surface area (Å²) in [4.78, 5) is 12.5. The molecule has 0 aliphatic carbocycles. The van der Waals surface area contributed by atoms with Gasteiger partial charge in [0.1, 0.15) is 0 Å². The first-order valence-electron chi connectivity index (χ1n) is 12.2. The van der Waals surface area contributed by atoms with Crippen LogP contribution in [0.5, 0.6) is 5.88 Å². The minimum absolute atomic E-state index is 0.358. The molecule has 3 aromatic rings. The van der Waals surface area contributed by atoms with Crippen molar-refractivity contribution in [2.75, 3.05) is 26.7 Å². The normalized spacial score (nSPS) is 16.1.